The van der Waals surface area contributed by atoms with Crippen molar-refractivity contribution in [3.8, 4) is 0 Å². The molecule has 3 rings (SSSR count). The minimum atomic E-state index is -0.793. The summed E-state index contributed by atoms with van der Waals surface area (Å²) in [4.78, 5) is 23.0. The molecule has 0 amide bonds. The maximum Gasteiger partial charge on any atom is 0.309 e. The van der Waals surface area contributed by atoms with Crippen LogP contribution < -0.4 is 0 Å². The average molecular weight is 607 g/mol. The van der Waals surface area contributed by atoms with Gasteiger partial charge in [-0.05, 0) is 99.6 Å². The molecule has 0 aromatic heterocycles. The maximum atomic E-state index is 11.7. The largest absolute Gasteiger partial charge is 0.481 e. The Kier molecular flexibility index (Phi) is 11.0. The Bertz CT molecular complexity index is 1250. The lowest BCUT2D eigenvalue weighted by Gasteiger charge is -2.34. The van der Waals surface area contributed by atoms with E-state index in [1.165, 1.54) is 0 Å². The van der Waals surface area contributed by atoms with Gasteiger partial charge in [0.1, 0.15) is 12.2 Å². The Labute approximate surface area is 264 Å². The lowest BCUT2D eigenvalue weighted by Crippen LogP contribution is -2.26. The van der Waals surface area contributed by atoms with Crippen LogP contribution in [0.4, 0.5) is 0 Å². The number of unbranched alkanes of at least 4 members (excludes halogenated alkanes) is 2. The monoisotopic (exact) mass is 606 g/mol. The van der Waals surface area contributed by atoms with Crippen LogP contribution in [0.3, 0.4) is 0 Å². The standard InChI is InChI=1S/C38H54O6/c1-35(2)21-25(15-11-13-19-37(5,6)33(41)42)31(39)29(23-35)27-17-9-10-18-28(27)30-24-36(3,4)22-26(32(30)40)16-12-14-20-38(7,8)34(43)44/h9-10,17-18,21-24,31-32,39-40H,11-16,19-20H2,1-8H3,(H,41,42)(H,43,44). The van der Waals surface area contributed by atoms with Gasteiger partial charge in [0.2, 0.25) is 0 Å². The van der Waals surface area contributed by atoms with Crippen LogP contribution in [0.1, 0.15) is 118 Å². The third-order valence-corrected chi connectivity index (χ3v) is 9.20. The second-order valence-electron chi connectivity index (χ2n) is 15.4. The molecule has 1 aromatic rings. The average Bonchev–Trinajstić information content (AvgIpc) is 2.92. The second-order valence-corrected chi connectivity index (χ2v) is 15.4. The van der Waals surface area contributed by atoms with Crippen molar-refractivity contribution in [3.05, 3.63) is 70.8 Å². The fourth-order valence-corrected chi connectivity index (χ4v) is 6.42. The van der Waals surface area contributed by atoms with Crippen LogP contribution >= 0.6 is 0 Å². The zero-order valence-corrected chi connectivity index (χ0v) is 28.0. The Morgan fingerprint density at radius 2 is 0.977 bits per heavy atom. The topological polar surface area (TPSA) is 115 Å². The molecular formula is C38H54O6. The molecule has 6 heteroatoms. The first kappa shape index (κ1) is 35.5. The first-order chi connectivity index (χ1) is 20.3. The van der Waals surface area contributed by atoms with E-state index in [0.29, 0.717) is 25.7 Å². The molecule has 0 saturated carbocycles. The van der Waals surface area contributed by atoms with Gasteiger partial charge in [-0.3, -0.25) is 9.59 Å². The SMILES string of the molecule is CC1(C)C=C(CCCCC(C)(C)C(=O)O)C(O)C(c2ccccc2C2=CC(C)(C)C=C(CCCCC(C)(C)C(=O)O)C2O)=C1. The third-order valence-electron chi connectivity index (χ3n) is 9.20. The van der Waals surface area contributed by atoms with Crippen molar-refractivity contribution in [1.82, 2.24) is 0 Å². The van der Waals surface area contributed by atoms with Crippen molar-refractivity contribution in [2.24, 2.45) is 21.7 Å². The number of benzene rings is 1. The molecular weight excluding hydrogens is 552 g/mol. The number of carboxylic acid groups (broad SMARTS) is 2. The minimum Gasteiger partial charge on any atom is -0.481 e. The summed E-state index contributed by atoms with van der Waals surface area (Å²) in [5, 5.41) is 42.3. The highest BCUT2D eigenvalue weighted by atomic mass is 16.4. The molecule has 44 heavy (non-hydrogen) atoms. The maximum absolute atomic E-state index is 11.7. The number of rotatable bonds is 14. The van der Waals surface area contributed by atoms with Gasteiger partial charge in [-0.1, -0.05) is 89.1 Å². The predicted octanol–water partition coefficient (Wildman–Crippen LogP) is 8.45. The molecule has 0 saturated heterocycles. The first-order valence-electron chi connectivity index (χ1n) is 16.1. The summed E-state index contributed by atoms with van der Waals surface area (Å²) in [6.45, 7) is 15.5. The number of carboxylic acids is 2. The number of hydrogen-bond donors (Lipinski definition) is 4. The molecule has 0 radical (unpaired) electrons. The fraction of sp³-hybridized carbons (Fsp3) is 0.579. The van der Waals surface area contributed by atoms with E-state index in [4.69, 9.17) is 0 Å². The molecule has 2 atom stereocenters. The molecule has 1 aromatic carbocycles. The summed E-state index contributed by atoms with van der Waals surface area (Å²) in [5.41, 5.74) is 3.22. The summed E-state index contributed by atoms with van der Waals surface area (Å²) >= 11 is 0. The van der Waals surface area contributed by atoms with Crippen molar-refractivity contribution >= 4 is 23.1 Å². The van der Waals surface area contributed by atoms with E-state index in [0.717, 1.165) is 59.1 Å². The molecule has 0 fully saturated rings. The van der Waals surface area contributed by atoms with E-state index < -0.39 is 35.0 Å². The van der Waals surface area contributed by atoms with Gasteiger partial charge in [0, 0.05) is 10.8 Å². The summed E-state index contributed by atoms with van der Waals surface area (Å²) in [6.07, 6.45) is 12.6. The zero-order valence-electron chi connectivity index (χ0n) is 28.0. The van der Waals surface area contributed by atoms with E-state index in [1.807, 2.05) is 24.3 Å². The normalized spacial score (nSPS) is 21.6. The molecule has 2 aliphatic carbocycles. The van der Waals surface area contributed by atoms with E-state index in [1.54, 1.807) is 27.7 Å². The van der Waals surface area contributed by atoms with Crippen LogP contribution in [0.5, 0.6) is 0 Å². The number of hydrogen-bond acceptors (Lipinski definition) is 4. The number of allylic oxidation sites excluding steroid dienone is 4. The minimum absolute atomic E-state index is 0.287. The Morgan fingerprint density at radius 1 is 0.636 bits per heavy atom. The van der Waals surface area contributed by atoms with Gasteiger partial charge in [-0.2, -0.15) is 0 Å². The van der Waals surface area contributed by atoms with Gasteiger partial charge in [-0.25, -0.2) is 0 Å². The van der Waals surface area contributed by atoms with Gasteiger partial charge in [0.05, 0.1) is 10.8 Å². The lowest BCUT2D eigenvalue weighted by atomic mass is 9.73. The highest BCUT2D eigenvalue weighted by Gasteiger charge is 2.34. The van der Waals surface area contributed by atoms with Gasteiger partial charge >= 0.3 is 11.9 Å². The number of carbonyl (C=O) groups is 2. The molecule has 2 aliphatic rings. The Balaban J connectivity index is 1.83. The van der Waals surface area contributed by atoms with Crippen LogP contribution in [0.25, 0.3) is 11.1 Å². The Morgan fingerprint density at radius 3 is 1.30 bits per heavy atom. The lowest BCUT2D eigenvalue weighted by molar-refractivity contribution is -0.148. The van der Waals surface area contributed by atoms with Crippen molar-refractivity contribution < 1.29 is 30.0 Å². The van der Waals surface area contributed by atoms with Crippen molar-refractivity contribution in [2.75, 3.05) is 0 Å². The summed E-state index contributed by atoms with van der Waals surface area (Å²) in [5.74, 6) is -1.58. The van der Waals surface area contributed by atoms with E-state index in [-0.39, 0.29) is 10.8 Å². The van der Waals surface area contributed by atoms with Crippen LogP contribution in [0, 0.1) is 21.7 Å². The highest BCUT2D eigenvalue weighted by Crippen LogP contribution is 2.44. The van der Waals surface area contributed by atoms with Crippen molar-refractivity contribution in [2.45, 2.75) is 119 Å². The quantitative estimate of drug-likeness (QED) is 0.125. The zero-order chi connectivity index (χ0) is 33.1. The molecule has 4 N–H and O–H groups in total. The predicted molar refractivity (Wildman–Crippen MR) is 178 cm³/mol. The molecule has 242 valence electrons. The third kappa shape index (κ3) is 8.82. The fourth-order valence-electron chi connectivity index (χ4n) is 6.42. The summed E-state index contributed by atoms with van der Waals surface area (Å²) in [6, 6.07) is 7.97. The Hall–Kier alpha value is -2.96. The van der Waals surface area contributed by atoms with E-state index in [2.05, 4.69) is 52.0 Å². The molecule has 2 unspecified atom stereocenters. The number of aliphatic hydroxyl groups is 2. The van der Waals surface area contributed by atoms with Gasteiger partial charge in [-0.15, -0.1) is 0 Å². The summed E-state index contributed by atoms with van der Waals surface area (Å²) < 4.78 is 0. The van der Waals surface area contributed by atoms with Gasteiger partial charge in [0.25, 0.3) is 0 Å². The number of aliphatic carboxylic acids is 2. The van der Waals surface area contributed by atoms with Crippen LogP contribution in [0.2, 0.25) is 0 Å². The number of aliphatic hydroxyl groups excluding tert-OH is 2. The van der Waals surface area contributed by atoms with Crippen molar-refractivity contribution in [1.29, 1.82) is 0 Å². The summed E-state index contributed by atoms with van der Waals surface area (Å²) in [7, 11) is 0. The van der Waals surface area contributed by atoms with E-state index in [9.17, 15) is 30.0 Å². The smallest absolute Gasteiger partial charge is 0.309 e. The van der Waals surface area contributed by atoms with Gasteiger partial charge in [0.15, 0.2) is 0 Å². The van der Waals surface area contributed by atoms with Crippen LogP contribution in [-0.4, -0.2) is 44.6 Å². The highest BCUT2D eigenvalue weighted by molar-refractivity contribution is 5.86. The first-order valence-corrected chi connectivity index (χ1v) is 16.1. The molecule has 6 nitrogen and oxygen atoms in total. The van der Waals surface area contributed by atoms with Crippen molar-refractivity contribution in [3.63, 3.8) is 0 Å². The molecule has 0 bridgehead atoms. The second kappa shape index (κ2) is 13.6. The van der Waals surface area contributed by atoms with Gasteiger partial charge < -0.3 is 20.4 Å². The van der Waals surface area contributed by atoms with E-state index >= 15 is 0 Å². The van der Waals surface area contributed by atoms with Crippen LogP contribution in [-0.2, 0) is 9.59 Å². The molecule has 0 heterocycles. The molecule has 0 aliphatic heterocycles. The van der Waals surface area contributed by atoms with Crippen LogP contribution in [0.15, 0.2) is 59.7 Å². The molecule has 0 spiro atoms.